The predicted molar refractivity (Wildman–Crippen MR) is 84.6 cm³/mol. The number of rotatable bonds is 3. The van der Waals surface area contributed by atoms with Crippen LogP contribution in [0.2, 0.25) is 0 Å². The third kappa shape index (κ3) is 2.92. The number of halogens is 1. The quantitative estimate of drug-likeness (QED) is 0.863. The van der Waals surface area contributed by atoms with Crippen molar-refractivity contribution >= 4 is 5.95 Å². The minimum absolute atomic E-state index is 0.124. The van der Waals surface area contributed by atoms with Gasteiger partial charge in [0.25, 0.3) is 0 Å². The summed E-state index contributed by atoms with van der Waals surface area (Å²) >= 11 is 0. The summed E-state index contributed by atoms with van der Waals surface area (Å²) in [5, 5.41) is 0. The van der Waals surface area contributed by atoms with Gasteiger partial charge in [0.2, 0.25) is 5.95 Å². The molecular weight excluding hydrogens is 295 g/mol. The molecular formula is C17H19FN4O. The largest absolute Gasteiger partial charge is 0.373 e. The Morgan fingerprint density at radius 2 is 1.96 bits per heavy atom. The molecule has 0 spiro atoms. The van der Waals surface area contributed by atoms with Crippen molar-refractivity contribution in [2.75, 3.05) is 31.1 Å². The predicted octanol–water partition coefficient (Wildman–Crippen LogP) is 1.71. The van der Waals surface area contributed by atoms with Crippen LogP contribution >= 0.6 is 0 Å². The van der Waals surface area contributed by atoms with Crippen LogP contribution in [0.25, 0.3) is 0 Å². The highest BCUT2D eigenvalue weighted by Crippen LogP contribution is 2.27. The van der Waals surface area contributed by atoms with Gasteiger partial charge >= 0.3 is 0 Å². The van der Waals surface area contributed by atoms with Crippen molar-refractivity contribution in [3.05, 3.63) is 54.1 Å². The number of hydrogen-bond donors (Lipinski definition) is 0. The lowest BCUT2D eigenvalue weighted by atomic mass is 10.1. The minimum atomic E-state index is -0.147. The summed E-state index contributed by atoms with van der Waals surface area (Å²) in [6, 6.07) is 9.00. The van der Waals surface area contributed by atoms with Crippen LogP contribution in [0.4, 0.5) is 10.3 Å². The number of fused-ring (bicyclic) bond motifs is 1. The molecule has 0 radical (unpaired) electrons. The molecule has 3 heterocycles. The monoisotopic (exact) mass is 314 g/mol. The number of anilines is 1. The number of hydrogen-bond acceptors (Lipinski definition) is 5. The Bertz CT molecular complexity index is 669. The van der Waals surface area contributed by atoms with E-state index in [4.69, 9.17) is 4.74 Å². The van der Waals surface area contributed by atoms with Gasteiger partial charge in [-0.05, 0) is 12.1 Å². The molecule has 0 amide bonds. The minimum Gasteiger partial charge on any atom is -0.373 e. The molecule has 0 aliphatic carbocycles. The second-order valence-electron chi connectivity index (χ2n) is 6.00. The van der Waals surface area contributed by atoms with Gasteiger partial charge in [-0.1, -0.05) is 18.2 Å². The van der Waals surface area contributed by atoms with Crippen molar-refractivity contribution in [1.29, 1.82) is 0 Å². The van der Waals surface area contributed by atoms with Crippen molar-refractivity contribution in [2.24, 2.45) is 0 Å². The first-order valence-electron chi connectivity index (χ1n) is 7.92. The molecule has 4 rings (SSSR count). The number of morpholine rings is 1. The zero-order chi connectivity index (χ0) is 15.6. The fourth-order valence-electron chi connectivity index (χ4n) is 3.45. The number of benzene rings is 1. The lowest BCUT2D eigenvalue weighted by molar-refractivity contribution is 0.0300. The van der Waals surface area contributed by atoms with E-state index < -0.39 is 0 Å². The van der Waals surface area contributed by atoms with Gasteiger partial charge in [-0.15, -0.1) is 0 Å². The normalized spacial score (nSPS) is 24.7. The summed E-state index contributed by atoms with van der Waals surface area (Å²) in [4.78, 5) is 13.2. The molecule has 23 heavy (non-hydrogen) atoms. The number of likely N-dealkylation sites (tertiary alicyclic amines) is 1. The van der Waals surface area contributed by atoms with Crippen molar-refractivity contribution in [2.45, 2.75) is 18.7 Å². The van der Waals surface area contributed by atoms with Crippen LogP contribution in [0.15, 0.2) is 42.7 Å². The molecule has 0 N–H and O–H groups in total. The third-order valence-corrected chi connectivity index (χ3v) is 4.54. The molecule has 2 fully saturated rings. The standard InChI is InChI=1S/C17H19FN4O/c18-14-5-2-1-4-13(14)10-21-11-15-16(12-21)23-9-8-22(15)17-19-6-3-7-20-17/h1-7,15-16H,8-12H2/t15-,16+/m1/s1. The van der Waals surface area contributed by atoms with Gasteiger partial charge in [-0.3, -0.25) is 4.90 Å². The van der Waals surface area contributed by atoms with Crippen molar-refractivity contribution < 1.29 is 9.13 Å². The molecule has 2 aliphatic rings. The highest BCUT2D eigenvalue weighted by Gasteiger charge is 2.41. The zero-order valence-electron chi connectivity index (χ0n) is 12.8. The van der Waals surface area contributed by atoms with E-state index in [1.807, 2.05) is 18.2 Å². The fraction of sp³-hybridized carbons (Fsp3) is 0.412. The molecule has 2 saturated heterocycles. The van der Waals surface area contributed by atoms with Gasteiger partial charge in [0.15, 0.2) is 0 Å². The van der Waals surface area contributed by atoms with E-state index >= 15 is 0 Å². The topological polar surface area (TPSA) is 41.5 Å². The first-order chi connectivity index (χ1) is 11.3. The van der Waals surface area contributed by atoms with E-state index in [0.29, 0.717) is 13.2 Å². The highest BCUT2D eigenvalue weighted by molar-refractivity contribution is 5.33. The SMILES string of the molecule is Fc1ccccc1CN1C[C@@H]2OCCN(c3ncccn3)[C@@H]2C1. The average molecular weight is 314 g/mol. The van der Waals surface area contributed by atoms with Crippen molar-refractivity contribution in [3.8, 4) is 0 Å². The smallest absolute Gasteiger partial charge is 0.225 e. The number of ether oxygens (including phenoxy) is 1. The van der Waals surface area contributed by atoms with Gasteiger partial charge in [0.1, 0.15) is 5.82 Å². The summed E-state index contributed by atoms with van der Waals surface area (Å²) in [7, 11) is 0. The highest BCUT2D eigenvalue weighted by atomic mass is 19.1. The maximum atomic E-state index is 13.9. The van der Waals surface area contributed by atoms with E-state index in [2.05, 4.69) is 19.8 Å². The van der Waals surface area contributed by atoms with Crippen LogP contribution in [-0.2, 0) is 11.3 Å². The molecule has 0 saturated carbocycles. The van der Waals surface area contributed by atoms with Crippen LogP contribution in [0, 0.1) is 5.82 Å². The Labute approximate surface area is 134 Å². The summed E-state index contributed by atoms with van der Waals surface area (Å²) in [5.74, 6) is 0.602. The Kier molecular flexibility index (Phi) is 3.93. The molecule has 1 aromatic heterocycles. The molecule has 2 aromatic rings. The lowest BCUT2D eigenvalue weighted by Crippen LogP contribution is -2.51. The second-order valence-corrected chi connectivity index (χ2v) is 6.00. The van der Waals surface area contributed by atoms with Crippen LogP contribution in [0.5, 0.6) is 0 Å². The van der Waals surface area contributed by atoms with E-state index in [9.17, 15) is 4.39 Å². The number of nitrogens with zero attached hydrogens (tertiary/aromatic N) is 4. The summed E-state index contributed by atoms with van der Waals surface area (Å²) < 4.78 is 19.8. The Morgan fingerprint density at radius 1 is 1.13 bits per heavy atom. The maximum absolute atomic E-state index is 13.9. The molecule has 2 aliphatic heterocycles. The number of aromatic nitrogens is 2. The third-order valence-electron chi connectivity index (χ3n) is 4.54. The van der Waals surface area contributed by atoms with E-state index in [-0.39, 0.29) is 18.0 Å². The van der Waals surface area contributed by atoms with E-state index in [1.165, 1.54) is 6.07 Å². The van der Waals surface area contributed by atoms with Gasteiger partial charge < -0.3 is 9.64 Å². The summed E-state index contributed by atoms with van der Waals surface area (Å²) in [6.45, 7) is 3.71. The van der Waals surface area contributed by atoms with Gasteiger partial charge in [-0.25, -0.2) is 14.4 Å². The molecule has 2 atom stereocenters. The molecule has 0 bridgehead atoms. The van der Waals surface area contributed by atoms with Crippen molar-refractivity contribution in [1.82, 2.24) is 14.9 Å². The zero-order valence-corrected chi connectivity index (χ0v) is 12.8. The second kappa shape index (κ2) is 6.22. The van der Waals surface area contributed by atoms with Crippen molar-refractivity contribution in [3.63, 3.8) is 0 Å². The first kappa shape index (κ1) is 14.5. The fourth-order valence-corrected chi connectivity index (χ4v) is 3.45. The van der Waals surface area contributed by atoms with Crippen LogP contribution in [0.1, 0.15) is 5.56 Å². The average Bonchev–Trinajstić information content (AvgIpc) is 3.00. The molecule has 5 nitrogen and oxygen atoms in total. The van der Waals surface area contributed by atoms with Crippen LogP contribution in [-0.4, -0.2) is 53.3 Å². The van der Waals surface area contributed by atoms with Gasteiger partial charge in [-0.2, -0.15) is 0 Å². The summed E-state index contributed by atoms with van der Waals surface area (Å²) in [5.41, 5.74) is 0.730. The molecule has 1 aromatic carbocycles. The molecule has 120 valence electrons. The summed E-state index contributed by atoms with van der Waals surface area (Å²) in [6.07, 6.45) is 3.65. The Hall–Kier alpha value is -2.05. The molecule has 0 unspecified atom stereocenters. The lowest BCUT2D eigenvalue weighted by Gasteiger charge is -2.36. The molecule has 6 heteroatoms. The van der Waals surface area contributed by atoms with E-state index in [0.717, 1.165) is 31.1 Å². The van der Waals surface area contributed by atoms with Gasteiger partial charge in [0, 0.05) is 44.1 Å². The Morgan fingerprint density at radius 3 is 2.78 bits per heavy atom. The van der Waals surface area contributed by atoms with Crippen LogP contribution < -0.4 is 4.90 Å². The Balaban J connectivity index is 1.50. The van der Waals surface area contributed by atoms with E-state index in [1.54, 1.807) is 18.5 Å². The maximum Gasteiger partial charge on any atom is 0.225 e. The first-order valence-corrected chi connectivity index (χ1v) is 7.92. The van der Waals surface area contributed by atoms with Crippen LogP contribution in [0.3, 0.4) is 0 Å². The van der Waals surface area contributed by atoms with Gasteiger partial charge in [0.05, 0.1) is 18.8 Å².